The summed E-state index contributed by atoms with van der Waals surface area (Å²) in [6.07, 6.45) is 3.68. The highest BCUT2D eigenvalue weighted by Crippen LogP contribution is 2.22. The third-order valence-electron chi connectivity index (χ3n) is 3.06. The third kappa shape index (κ3) is 2.68. The predicted octanol–water partition coefficient (Wildman–Crippen LogP) is 0.538. The lowest BCUT2D eigenvalue weighted by atomic mass is 9.92. The van der Waals surface area contributed by atoms with Crippen molar-refractivity contribution in [3.63, 3.8) is 0 Å². The van der Waals surface area contributed by atoms with Gasteiger partial charge in [0.2, 0.25) is 10.0 Å². The summed E-state index contributed by atoms with van der Waals surface area (Å²) in [6.45, 7) is 1.68. The molecular formula is C9H20N2O2S. The van der Waals surface area contributed by atoms with Gasteiger partial charge in [0.25, 0.3) is 0 Å². The fourth-order valence-electron chi connectivity index (χ4n) is 1.90. The molecule has 5 heteroatoms. The molecule has 0 spiro atoms. The molecular weight excluding hydrogens is 200 g/mol. The first kappa shape index (κ1) is 11.9. The van der Waals surface area contributed by atoms with Gasteiger partial charge >= 0.3 is 0 Å². The van der Waals surface area contributed by atoms with E-state index in [1.165, 1.54) is 4.31 Å². The molecule has 1 aliphatic carbocycles. The van der Waals surface area contributed by atoms with E-state index in [0.29, 0.717) is 0 Å². The summed E-state index contributed by atoms with van der Waals surface area (Å²) in [5.74, 6) is 0.187. The summed E-state index contributed by atoms with van der Waals surface area (Å²) in [4.78, 5) is 0. The Bertz CT molecular complexity index is 269. The van der Waals surface area contributed by atoms with Crippen LogP contribution in [0, 0.1) is 0 Å². The highest BCUT2D eigenvalue weighted by Gasteiger charge is 2.27. The minimum Gasteiger partial charge on any atom is -0.328 e. The SMILES string of the molecule is CCS(=O)(=O)N(C)C1CCC(N)CC1. The Morgan fingerprint density at radius 3 is 2.21 bits per heavy atom. The van der Waals surface area contributed by atoms with Gasteiger partial charge in [0.05, 0.1) is 5.75 Å². The summed E-state index contributed by atoms with van der Waals surface area (Å²) in [5.41, 5.74) is 5.77. The van der Waals surface area contributed by atoms with Gasteiger partial charge in [0.15, 0.2) is 0 Å². The van der Waals surface area contributed by atoms with E-state index in [1.807, 2.05) is 0 Å². The third-order valence-corrected chi connectivity index (χ3v) is 4.96. The number of hydrogen-bond acceptors (Lipinski definition) is 3. The van der Waals surface area contributed by atoms with Crippen molar-refractivity contribution in [1.82, 2.24) is 4.31 Å². The lowest BCUT2D eigenvalue weighted by molar-refractivity contribution is 0.269. The molecule has 0 aromatic rings. The number of sulfonamides is 1. The Hall–Kier alpha value is -0.130. The van der Waals surface area contributed by atoms with Gasteiger partial charge in [-0.05, 0) is 32.6 Å². The van der Waals surface area contributed by atoms with E-state index in [4.69, 9.17) is 5.73 Å². The number of nitrogens with zero attached hydrogens (tertiary/aromatic N) is 1. The molecule has 0 radical (unpaired) electrons. The minimum absolute atomic E-state index is 0.166. The summed E-state index contributed by atoms with van der Waals surface area (Å²) < 4.78 is 24.7. The molecule has 84 valence electrons. The van der Waals surface area contributed by atoms with Crippen molar-refractivity contribution in [1.29, 1.82) is 0 Å². The molecule has 2 N–H and O–H groups in total. The van der Waals surface area contributed by atoms with Crippen LogP contribution in [-0.4, -0.2) is 37.6 Å². The Morgan fingerprint density at radius 2 is 1.79 bits per heavy atom. The molecule has 1 saturated carbocycles. The van der Waals surface area contributed by atoms with E-state index >= 15 is 0 Å². The van der Waals surface area contributed by atoms with Crippen LogP contribution in [0.3, 0.4) is 0 Å². The van der Waals surface area contributed by atoms with Crippen LogP contribution in [0.25, 0.3) is 0 Å². The van der Waals surface area contributed by atoms with E-state index in [2.05, 4.69) is 0 Å². The summed E-state index contributed by atoms with van der Waals surface area (Å²) >= 11 is 0. The quantitative estimate of drug-likeness (QED) is 0.755. The van der Waals surface area contributed by atoms with Gasteiger partial charge in [-0.2, -0.15) is 0 Å². The largest absolute Gasteiger partial charge is 0.328 e. The molecule has 0 atom stereocenters. The first-order chi connectivity index (χ1) is 6.47. The van der Waals surface area contributed by atoms with Crippen molar-refractivity contribution >= 4 is 10.0 Å². The molecule has 0 aromatic heterocycles. The predicted molar refractivity (Wildman–Crippen MR) is 57.5 cm³/mol. The standard InChI is InChI=1S/C9H20N2O2S/c1-3-14(12,13)11(2)9-6-4-8(10)5-7-9/h8-9H,3-7,10H2,1-2H3. The van der Waals surface area contributed by atoms with Crippen LogP contribution < -0.4 is 5.73 Å². The van der Waals surface area contributed by atoms with Gasteiger partial charge in [-0.25, -0.2) is 12.7 Å². The van der Waals surface area contributed by atoms with Gasteiger partial charge in [0, 0.05) is 19.1 Å². The maximum atomic E-state index is 11.6. The zero-order valence-electron chi connectivity index (χ0n) is 8.94. The van der Waals surface area contributed by atoms with Crippen LogP contribution in [0.1, 0.15) is 32.6 Å². The van der Waals surface area contributed by atoms with Crippen LogP contribution in [-0.2, 0) is 10.0 Å². The van der Waals surface area contributed by atoms with Gasteiger partial charge in [-0.15, -0.1) is 0 Å². The van der Waals surface area contributed by atoms with E-state index < -0.39 is 10.0 Å². The second-order valence-electron chi connectivity index (χ2n) is 3.99. The van der Waals surface area contributed by atoms with E-state index in [1.54, 1.807) is 14.0 Å². The molecule has 0 unspecified atom stereocenters. The summed E-state index contributed by atoms with van der Waals surface area (Å²) in [5, 5.41) is 0. The Labute approximate surface area is 86.5 Å². The highest BCUT2D eigenvalue weighted by molar-refractivity contribution is 7.89. The fourth-order valence-corrected chi connectivity index (χ4v) is 2.97. The Kier molecular flexibility index (Phi) is 3.92. The smallest absolute Gasteiger partial charge is 0.213 e. The van der Waals surface area contributed by atoms with Crippen molar-refractivity contribution in [3.05, 3.63) is 0 Å². The number of nitrogens with two attached hydrogens (primary N) is 1. The number of hydrogen-bond donors (Lipinski definition) is 1. The van der Waals surface area contributed by atoms with Crippen LogP contribution in [0.2, 0.25) is 0 Å². The highest BCUT2D eigenvalue weighted by atomic mass is 32.2. The molecule has 1 aliphatic rings. The first-order valence-corrected chi connectivity index (χ1v) is 6.79. The molecule has 0 amide bonds. The Morgan fingerprint density at radius 1 is 1.29 bits per heavy atom. The van der Waals surface area contributed by atoms with E-state index in [-0.39, 0.29) is 17.8 Å². The van der Waals surface area contributed by atoms with E-state index in [0.717, 1.165) is 25.7 Å². The van der Waals surface area contributed by atoms with Crippen LogP contribution in [0.5, 0.6) is 0 Å². The molecule has 1 rings (SSSR count). The molecule has 0 aromatic carbocycles. The van der Waals surface area contributed by atoms with Crippen LogP contribution >= 0.6 is 0 Å². The number of rotatable bonds is 3. The lowest BCUT2D eigenvalue weighted by Crippen LogP contribution is -2.42. The van der Waals surface area contributed by atoms with Crippen molar-refractivity contribution in [2.45, 2.75) is 44.7 Å². The molecule has 14 heavy (non-hydrogen) atoms. The maximum absolute atomic E-state index is 11.6. The van der Waals surface area contributed by atoms with Gasteiger partial charge < -0.3 is 5.73 Å². The molecule has 0 bridgehead atoms. The van der Waals surface area contributed by atoms with Crippen LogP contribution in [0.15, 0.2) is 0 Å². The van der Waals surface area contributed by atoms with E-state index in [9.17, 15) is 8.42 Å². The normalized spacial score (nSPS) is 29.4. The Balaban J connectivity index is 2.58. The van der Waals surface area contributed by atoms with Gasteiger partial charge in [-0.1, -0.05) is 0 Å². The van der Waals surface area contributed by atoms with Crippen molar-refractivity contribution in [2.75, 3.05) is 12.8 Å². The average Bonchev–Trinajstić information content (AvgIpc) is 2.18. The molecule has 0 heterocycles. The zero-order valence-corrected chi connectivity index (χ0v) is 9.76. The monoisotopic (exact) mass is 220 g/mol. The zero-order chi connectivity index (χ0) is 10.8. The van der Waals surface area contributed by atoms with Gasteiger partial charge in [0.1, 0.15) is 0 Å². The molecule has 0 aliphatic heterocycles. The lowest BCUT2D eigenvalue weighted by Gasteiger charge is -2.32. The second kappa shape index (κ2) is 4.59. The van der Waals surface area contributed by atoms with Crippen LogP contribution in [0.4, 0.5) is 0 Å². The second-order valence-corrected chi connectivity index (χ2v) is 6.30. The fraction of sp³-hybridized carbons (Fsp3) is 1.00. The molecule has 4 nitrogen and oxygen atoms in total. The van der Waals surface area contributed by atoms with Crippen molar-refractivity contribution in [2.24, 2.45) is 5.73 Å². The maximum Gasteiger partial charge on any atom is 0.213 e. The minimum atomic E-state index is -3.02. The summed E-state index contributed by atoms with van der Waals surface area (Å²) in [7, 11) is -1.34. The molecule has 0 saturated heterocycles. The molecule has 1 fully saturated rings. The van der Waals surface area contributed by atoms with Crippen molar-refractivity contribution < 1.29 is 8.42 Å². The van der Waals surface area contributed by atoms with Gasteiger partial charge in [-0.3, -0.25) is 0 Å². The van der Waals surface area contributed by atoms with Crippen molar-refractivity contribution in [3.8, 4) is 0 Å². The first-order valence-electron chi connectivity index (χ1n) is 5.18. The average molecular weight is 220 g/mol. The topological polar surface area (TPSA) is 63.4 Å². The summed E-state index contributed by atoms with van der Waals surface area (Å²) in [6, 6.07) is 0.434.